The van der Waals surface area contributed by atoms with E-state index in [0.29, 0.717) is 38.5 Å². The number of amides is 1. The van der Waals surface area contributed by atoms with E-state index >= 15 is 0 Å². The van der Waals surface area contributed by atoms with Gasteiger partial charge >= 0.3 is 6.09 Å². The van der Waals surface area contributed by atoms with Crippen molar-refractivity contribution in [3.05, 3.63) is 59.7 Å². The van der Waals surface area contributed by atoms with Crippen molar-refractivity contribution < 1.29 is 14.6 Å². The van der Waals surface area contributed by atoms with Crippen LogP contribution in [0.15, 0.2) is 48.5 Å². The number of piperidine rings is 1. The predicted molar refractivity (Wildman–Crippen MR) is 108 cm³/mol. The van der Waals surface area contributed by atoms with Crippen molar-refractivity contribution in [1.29, 1.82) is 0 Å². The molecule has 1 saturated heterocycles. The third kappa shape index (κ3) is 2.91. The molecule has 0 aromatic heterocycles. The molecule has 0 atom stereocenters. The summed E-state index contributed by atoms with van der Waals surface area (Å²) in [7, 11) is 0. The fraction of sp³-hybridized carbons (Fsp3) is 0.458. The molecule has 2 aromatic rings. The Hall–Kier alpha value is -2.33. The van der Waals surface area contributed by atoms with Gasteiger partial charge in [0.15, 0.2) is 0 Å². The Balaban J connectivity index is 1.24. The predicted octanol–water partition coefficient (Wildman–Crippen LogP) is 4.56. The Morgan fingerprint density at radius 2 is 1.57 bits per heavy atom. The number of carbonyl (C=O) groups is 1. The van der Waals surface area contributed by atoms with Crippen molar-refractivity contribution in [2.24, 2.45) is 5.92 Å². The third-order valence-corrected chi connectivity index (χ3v) is 7.09. The highest BCUT2D eigenvalue weighted by molar-refractivity contribution is 5.79. The van der Waals surface area contributed by atoms with Crippen molar-refractivity contribution in [2.45, 2.75) is 43.6 Å². The molecule has 3 aliphatic rings. The molecule has 1 N–H and O–H groups in total. The van der Waals surface area contributed by atoms with Gasteiger partial charge in [-0.05, 0) is 53.9 Å². The maximum Gasteiger partial charge on any atom is 0.409 e. The normalized spacial score (nSPS) is 21.0. The molecule has 5 rings (SSSR count). The molecule has 1 heterocycles. The lowest BCUT2D eigenvalue weighted by Gasteiger charge is -2.46. The molecule has 1 aliphatic heterocycles. The molecule has 0 radical (unpaired) electrons. The summed E-state index contributed by atoms with van der Waals surface area (Å²) in [5.74, 6) is 0.519. The number of fused-ring (bicyclic) bond motifs is 3. The highest BCUT2D eigenvalue weighted by Crippen LogP contribution is 2.45. The zero-order valence-corrected chi connectivity index (χ0v) is 16.1. The van der Waals surface area contributed by atoms with Crippen LogP contribution in [0.3, 0.4) is 0 Å². The molecule has 2 aromatic carbocycles. The number of hydrogen-bond donors (Lipinski definition) is 1. The fourth-order valence-corrected chi connectivity index (χ4v) is 5.12. The van der Waals surface area contributed by atoms with Gasteiger partial charge in [-0.2, -0.15) is 0 Å². The smallest absolute Gasteiger partial charge is 0.409 e. The Morgan fingerprint density at radius 3 is 2.11 bits per heavy atom. The number of benzene rings is 2. The zero-order chi connectivity index (χ0) is 19.1. The van der Waals surface area contributed by atoms with E-state index in [4.69, 9.17) is 4.74 Å². The number of aliphatic hydroxyl groups is 1. The second-order valence-corrected chi connectivity index (χ2v) is 8.52. The summed E-state index contributed by atoms with van der Waals surface area (Å²) in [4.78, 5) is 14.4. The van der Waals surface area contributed by atoms with Crippen LogP contribution in [0.4, 0.5) is 4.79 Å². The monoisotopic (exact) mass is 377 g/mol. The average Bonchev–Trinajstić information content (AvgIpc) is 2.99. The van der Waals surface area contributed by atoms with Gasteiger partial charge in [-0.1, -0.05) is 55.0 Å². The minimum atomic E-state index is -0.571. The van der Waals surface area contributed by atoms with E-state index in [0.717, 1.165) is 12.8 Å². The van der Waals surface area contributed by atoms with Crippen molar-refractivity contribution >= 4 is 6.09 Å². The summed E-state index contributed by atoms with van der Waals surface area (Å²) in [5.41, 5.74) is 4.37. The van der Waals surface area contributed by atoms with E-state index in [1.807, 2.05) is 12.1 Å². The standard InChI is InChI=1S/C24H27NO3/c26-23(25-14-12-24(27,13-15-25)17-6-5-7-17)28-16-22-20-10-3-1-8-18(20)19-9-2-4-11-21(19)22/h1-4,8-11,17,22,27H,5-7,12-16H2. The SMILES string of the molecule is O=C(OCC1c2ccccc2-c2ccccc21)N1CCC(O)(C2CCC2)CC1. The van der Waals surface area contributed by atoms with Crippen molar-refractivity contribution in [3.63, 3.8) is 0 Å². The summed E-state index contributed by atoms with van der Waals surface area (Å²) < 4.78 is 5.75. The van der Waals surface area contributed by atoms with Crippen LogP contribution in [-0.4, -0.2) is 41.4 Å². The number of ether oxygens (including phenoxy) is 1. The van der Waals surface area contributed by atoms with Crippen LogP contribution in [0.2, 0.25) is 0 Å². The second-order valence-electron chi connectivity index (χ2n) is 8.52. The zero-order valence-electron chi connectivity index (χ0n) is 16.1. The summed E-state index contributed by atoms with van der Waals surface area (Å²) in [6, 6.07) is 16.8. The minimum Gasteiger partial charge on any atom is -0.448 e. The van der Waals surface area contributed by atoms with Crippen LogP contribution in [-0.2, 0) is 4.74 Å². The number of likely N-dealkylation sites (tertiary alicyclic amines) is 1. The first-order chi connectivity index (χ1) is 13.7. The first-order valence-electron chi connectivity index (χ1n) is 10.5. The lowest BCUT2D eigenvalue weighted by atomic mass is 9.69. The molecule has 0 spiro atoms. The van der Waals surface area contributed by atoms with E-state index in [-0.39, 0.29) is 12.0 Å². The molecule has 1 saturated carbocycles. The van der Waals surface area contributed by atoms with E-state index in [9.17, 15) is 9.90 Å². The summed E-state index contributed by atoms with van der Waals surface area (Å²) in [6.45, 7) is 1.53. The average molecular weight is 377 g/mol. The van der Waals surface area contributed by atoms with Gasteiger partial charge in [0.25, 0.3) is 0 Å². The summed E-state index contributed by atoms with van der Waals surface area (Å²) in [6.07, 6.45) is 4.56. The van der Waals surface area contributed by atoms with Crippen molar-refractivity contribution in [2.75, 3.05) is 19.7 Å². The van der Waals surface area contributed by atoms with Crippen LogP contribution in [0, 0.1) is 5.92 Å². The van der Waals surface area contributed by atoms with Crippen LogP contribution in [0.5, 0.6) is 0 Å². The quantitative estimate of drug-likeness (QED) is 0.853. The summed E-state index contributed by atoms with van der Waals surface area (Å²) >= 11 is 0. The topological polar surface area (TPSA) is 49.8 Å². The summed E-state index contributed by atoms with van der Waals surface area (Å²) in [5, 5.41) is 10.8. The Morgan fingerprint density at radius 1 is 1.00 bits per heavy atom. The molecule has 0 unspecified atom stereocenters. The van der Waals surface area contributed by atoms with Crippen LogP contribution >= 0.6 is 0 Å². The van der Waals surface area contributed by atoms with Gasteiger partial charge in [0.1, 0.15) is 6.61 Å². The lowest BCUT2D eigenvalue weighted by Crippen LogP contribution is -2.52. The maximum atomic E-state index is 12.7. The molecular weight excluding hydrogens is 350 g/mol. The largest absolute Gasteiger partial charge is 0.448 e. The maximum absolute atomic E-state index is 12.7. The highest BCUT2D eigenvalue weighted by Gasteiger charge is 2.43. The second kappa shape index (κ2) is 6.93. The molecule has 4 heteroatoms. The highest BCUT2D eigenvalue weighted by atomic mass is 16.6. The lowest BCUT2D eigenvalue weighted by molar-refractivity contribution is -0.0883. The molecule has 2 fully saturated rings. The number of carbonyl (C=O) groups excluding carboxylic acids is 1. The van der Waals surface area contributed by atoms with E-state index in [2.05, 4.69) is 36.4 Å². The number of rotatable bonds is 3. The van der Waals surface area contributed by atoms with Gasteiger partial charge in [0.05, 0.1) is 5.60 Å². The third-order valence-electron chi connectivity index (χ3n) is 7.09. The molecule has 28 heavy (non-hydrogen) atoms. The first-order valence-corrected chi connectivity index (χ1v) is 10.5. The molecule has 0 bridgehead atoms. The van der Waals surface area contributed by atoms with Gasteiger partial charge in [-0.25, -0.2) is 4.79 Å². The Bertz CT molecular complexity index is 835. The van der Waals surface area contributed by atoms with Crippen LogP contribution < -0.4 is 0 Å². The van der Waals surface area contributed by atoms with Crippen LogP contribution in [0.25, 0.3) is 11.1 Å². The Labute approximate surface area is 166 Å². The molecule has 146 valence electrons. The molecule has 2 aliphatic carbocycles. The first kappa shape index (κ1) is 17.7. The van der Waals surface area contributed by atoms with E-state index in [1.54, 1.807) is 4.90 Å². The van der Waals surface area contributed by atoms with Crippen molar-refractivity contribution in [1.82, 2.24) is 4.90 Å². The fourth-order valence-electron chi connectivity index (χ4n) is 5.12. The number of nitrogens with zero attached hydrogens (tertiary/aromatic N) is 1. The molecular formula is C24H27NO3. The van der Waals surface area contributed by atoms with E-state index in [1.165, 1.54) is 28.7 Å². The minimum absolute atomic E-state index is 0.0908. The molecule has 4 nitrogen and oxygen atoms in total. The van der Waals surface area contributed by atoms with Gasteiger partial charge in [-0.3, -0.25) is 0 Å². The number of hydrogen-bond acceptors (Lipinski definition) is 3. The Kier molecular flexibility index (Phi) is 4.39. The van der Waals surface area contributed by atoms with Gasteiger partial charge in [-0.15, -0.1) is 0 Å². The van der Waals surface area contributed by atoms with Crippen LogP contribution in [0.1, 0.15) is 49.1 Å². The van der Waals surface area contributed by atoms with Gasteiger partial charge < -0.3 is 14.7 Å². The van der Waals surface area contributed by atoms with E-state index < -0.39 is 5.60 Å². The molecule has 1 amide bonds. The van der Waals surface area contributed by atoms with Gasteiger partial charge in [0.2, 0.25) is 0 Å². The van der Waals surface area contributed by atoms with Crippen molar-refractivity contribution in [3.8, 4) is 11.1 Å². The van der Waals surface area contributed by atoms with Gasteiger partial charge in [0, 0.05) is 19.0 Å².